The highest BCUT2D eigenvalue weighted by molar-refractivity contribution is 5.38. The summed E-state index contributed by atoms with van der Waals surface area (Å²) in [4.78, 5) is 6.84. The van der Waals surface area contributed by atoms with Gasteiger partial charge in [0.1, 0.15) is 5.82 Å². The smallest absolute Gasteiger partial charge is 0.128 e. The Kier molecular flexibility index (Phi) is 5.09. The molecule has 0 amide bonds. The van der Waals surface area contributed by atoms with Gasteiger partial charge in [-0.2, -0.15) is 0 Å². The van der Waals surface area contributed by atoms with E-state index in [9.17, 15) is 0 Å². The van der Waals surface area contributed by atoms with Crippen LogP contribution in [0.2, 0.25) is 0 Å². The number of hydrogen-bond donors (Lipinski definition) is 1. The zero-order valence-corrected chi connectivity index (χ0v) is 13.0. The predicted octanol–water partition coefficient (Wildman–Crippen LogP) is 2.46. The minimum Gasteiger partial charge on any atom is -0.378 e. The summed E-state index contributed by atoms with van der Waals surface area (Å²) in [7, 11) is 0. The van der Waals surface area contributed by atoms with Gasteiger partial charge in [-0.1, -0.05) is 13.0 Å². The maximum atomic E-state index is 5.77. The van der Waals surface area contributed by atoms with Gasteiger partial charge >= 0.3 is 0 Å². The molecular formula is C17H27N3O. The van der Waals surface area contributed by atoms with Crippen LogP contribution in [-0.2, 0) is 4.74 Å². The highest BCUT2D eigenvalue weighted by Crippen LogP contribution is 2.23. The second-order valence-electron chi connectivity index (χ2n) is 6.22. The van der Waals surface area contributed by atoms with Crippen molar-refractivity contribution in [1.82, 2.24) is 10.3 Å². The maximum absolute atomic E-state index is 5.77. The van der Waals surface area contributed by atoms with Crippen molar-refractivity contribution in [3.63, 3.8) is 0 Å². The van der Waals surface area contributed by atoms with E-state index in [1.807, 2.05) is 12.3 Å². The van der Waals surface area contributed by atoms with Crippen molar-refractivity contribution in [3.05, 3.63) is 24.4 Å². The fraction of sp³-hybridized carbons (Fsp3) is 0.706. The lowest BCUT2D eigenvalue weighted by Gasteiger charge is -2.34. The molecule has 2 fully saturated rings. The molecule has 3 heterocycles. The van der Waals surface area contributed by atoms with Gasteiger partial charge in [0, 0.05) is 38.5 Å². The molecule has 1 aromatic heterocycles. The number of pyridine rings is 1. The topological polar surface area (TPSA) is 37.4 Å². The monoisotopic (exact) mass is 289 g/mol. The molecule has 3 rings (SSSR count). The van der Waals surface area contributed by atoms with Gasteiger partial charge in [-0.15, -0.1) is 0 Å². The molecule has 1 aromatic rings. The van der Waals surface area contributed by atoms with E-state index in [4.69, 9.17) is 4.74 Å². The Morgan fingerprint density at radius 1 is 1.29 bits per heavy atom. The lowest BCUT2D eigenvalue weighted by atomic mass is 9.98. The van der Waals surface area contributed by atoms with Crippen LogP contribution in [-0.4, -0.2) is 43.4 Å². The van der Waals surface area contributed by atoms with Gasteiger partial charge in [0.05, 0.1) is 6.10 Å². The molecule has 2 aliphatic heterocycles. The first-order valence-electron chi connectivity index (χ1n) is 8.37. The Morgan fingerprint density at radius 2 is 2.14 bits per heavy atom. The fourth-order valence-electron chi connectivity index (χ4n) is 3.55. The Morgan fingerprint density at radius 3 is 2.86 bits per heavy atom. The first kappa shape index (κ1) is 14.8. The summed E-state index contributed by atoms with van der Waals surface area (Å²) in [6, 6.07) is 6.81. The molecule has 2 atom stereocenters. The van der Waals surface area contributed by atoms with Gasteiger partial charge < -0.3 is 15.0 Å². The average Bonchev–Trinajstić information content (AvgIpc) is 3.02. The quantitative estimate of drug-likeness (QED) is 0.903. The van der Waals surface area contributed by atoms with Crippen LogP contribution >= 0.6 is 0 Å². The van der Waals surface area contributed by atoms with Crippen LogP contribution in [0.3, 0.4) is 0 Å². The Hall–Kier alpha value is -1.13. The van der Waals surface area contributed by atoms with Crippen molar-refractivity contribution in [2.24, 2.45) is 5.92 Å². The standard InChI is InChI=1S/C17H27N3O/c1-2-16-14(8-12-21-16)13-19-15-6-10-20(11-7-15)17-5-3-4-9-18-17/h3-5,9,14-16,19H,2,6-8,10-13H2,1H3. The minimum atomic E-state index is 0.478. The summed E-state index contributed by atoms with van der Waals surface area (Å²) in [5.74, 6) is 1.83. The van der Waals surface area contributed by atoms with Crippen molar-refractivity contribution < 1.29 is 4.74 Å². The third-order valence-corrected chi connectivity index (χ3v) is 4.89. The van der Waals surface area contributed by atoms with Crippen LogP contribution in [0.15, 0.2) is 24.4 Å². The van der Waals surface area contributed by atoms with Crippen molar-refractivity contribution in [2.75, 3.05) is 31.1 Å². The van der Waals surface area contributed by atoms with E-state index in [2.05, 4.69) is 34.3 Å². The highest BCUT2D eigenvalue weighted by atomic mass is 16.5. The van der Waals surface area contributed by atoms with Crippen LogP contribution in [0.4, 0.5) is 5.82 Å². The van der Waals surface area contributed by atoms with Crippen LogP contribution in [0.5, 0.6) is 0 Å². The number of anilines is 1. The van der Waals surface area contributed by atoms with Crippen LogP contribution < -0.4 is 10.2 Å². The highest BCUT2D eigenvalue weighted by Gasteiger charge is 2.28. The summed E-state index contributed by atoms with van der Waals surface area (Å²) < 4.78 is 5.77. The van der Waals surface area contributed by atoms with E-state index < -0.39 is 0 Å². The fourth-order valence-corrected chi connectivity index (χ4v) is 3.55. The molecule has 0 radical (unpaired) electrons. The number of ether oxygens (including phenoxy) is 1. The first-order valence-corrected chi connectivity index (χ1v) is 8.37. The molecule has 4 nitrogen and oxygen atoms in total. The summed E-state index contributed by atoms with van der Waals surface area (Å²) in [5, 5.41) is 3.77. The number of rotatable bonds is 5. The summed E-state index contributed by atoms with van der Waals surface area (Å²) in [5.41, 5.74) is 0. The molecule has 2 saturated heterocycles. The van der Waals surface area contributed by atoms with Crippen molar-refractivity contribution in [2.45, 2.75) is 44.8 Å². The molecule has 0 saturated carbocycles. The lowest BCUT2D eigenvalue weighted by molar-refractivity contribution is 0.0863. The Labute approximate surface area is 127 Å². The second-order valence-corrected chi connectivity index (χ2v) is 6.22. The largest absolute Gasteiger partial charge is 0.378 e. The molecule has 2 aliphatic rings. The molecule has 0 bridgehead atoms. The summed E-state index contributed by atoms with van der Waals surface area (Å²) in [6.45, 7) is 6.50. The normalized spacial score (nSPS) is 27.2. The third kappa shape index (κ3) is 3.74. The second kappa shape index (κ2) is 7.23. The number of aromatic nitrogens is 1. The van der Waals surface area contributed by atoms with E-state index in [1.54, 1.807) is 0 Å². The third-order valence-electron chi connectivity index (χ3n) is 4.89. The maximum Gasteiger partial charge on any atom is 0.128 e. The molecule has 4 heteroatoms. The summed E-state index contributed by atoms with van der Waals surface area (Å²) >= 11 is 0. The number of nitrogens with zero attached hydrogens (tertiary/aromatic N) is 2. The van der Waals surface area contributed by atoms with E-state index in [1.165, 1.54) is 19.3 Å². The Bertz CT molecular complexity index is 417. The lowest BCUT2D eigenvalue weighted by Crippen LogP contribution is -2.44. The van der Waals surface area contributed by atoms with Crippen LogP contribution in [0, 0.1) is 5.92 Å². The van der Waals surface area contributed by atoms with E-state index in [0.717, 1.165) is 38.5 Å². The van der Waals surface area contributed by atoms with Crippen molar-refractivity contribution in [3.8, 4) is 0 Å². The molecule has 0 spiro atoms. The number of piperidine rings is 1. The van der Waals surface area contributed by atoms with Gasteiger partial charge in [0.2, 0.25) is 0 Å². The molecule has 2 unspecified atom stereocenters. The van der Waals surface area contributed by atoms with Crippen LogP contribution in [0.1, 0.15) is 32.6 Å². The molecule has 1 N–H and O–H groups in total. The average molecular weight is 289 g/mol. The van der Waals surface area contributed by atoms with Crippen molar-refractivity contribution >= 4 is 5.82 Å². The Balaban J connectivity index is 1.42. The SMILES string of the molecule is CCC1OCCC1CNC1CCN(c2ccccn2)CC1. The first-order chi connectivity index (χ1) is 10.4. The van der Waals surface area contributed by atoms with E-state index >= 15 is 0 Å². The van der Waals surface area contributed by atoms with E-state index in [-0.39, 0.29) is 0 Å². The van der Waals surface area contributed by atoms with E-state index in [0.29, 0.717) is 18.1 Å². The predicted molar refractivity (Wildman–Crippen MR) is 85.6 cm³/mol. The molecule has 21 heavy (non-hydrogen) atoms. The van der Waals surface area contributed by atoms with Gasteiger partial charge in [-0.3, -0.25) is 0 Å². The van der Waals surface area contributed by atoms with Gasteiger partial charge in [-0.25, -0.2) is 4.98 Å². The van der Waals surface area contributed by atoms with Crippen molar-refractivity contribution in [1.29, 1.82) is 0 Å². The van der Waals surface area contributed by atoms with Gasteiger partial charge in [0.25, 0.3) is 0 Å². The van der Waals surface area contributed by atoms with Gasteiger partial charge in [-0.05, 0) is 43.7 Å². The molecule has 116 valence electrons. The molecule has 0 aromatic carbocycles. The molecular weight excluding hydrogens is 262 g/mol. The summed E-state index contributed by atoms with van der Waals surface area (Å²) in [6.07, 6.45) is 7.14. The number of nitrogens with one attached hydrogen (secondary N) is 1. The zero-order chi connectivity index (χ0) is 14.5. The number of hydrogen-bond acceptors (Lipinski definition) is 4. The van der Waals surface area contributed by atoms with Crippen LogP contribution in [0.25, 0.3) is 0 Å². The van der Waals surface area contributed by atoms with Gasteiger partial charge in [0.15, 0.2) is 0 Å². The zero-order valence-electron chi connectivity index (χ0n) is 13.0. The minimum absolute atomic E-state index is 0.478. The molecule has 0 aliphatic carbocycles.